The van der Waals surface area contributed by atoms with Gasteiger partial charge in [-0.25, -0.2) is 9.97 Å². The first-order valence-corrected chi connectivity index (χ1v) is 9.38. The Labute approximate surface area is 160 Å². The number of aryl methyl sites for hydroxylation is 1. The number of benzene rings is 2. The van der Waals surface area contributed by atoms with E-state index in [2.05, 4.69) is 56.6 Å². The number of rotatable bonds is 6. The Morgan fingerprint density at radius 3 is 2.78 bits per heavy atom. The number of ether oxygens (including phenoxy) is 1. The van der Waals surface area contributed by atoms with Crippen molar-refractivity contribution in [1.29, 1.82) is 0 Å². The fourth-order valence-electron chi connectivity index (χ4n) is 3.49. The average Bonchev–Trinajstić information content (AvgIpc) is 2.74. The summed E-state index contributed by atoms with van der Waals surface area (Å²) in [7, 11) is 1.68. The predicted octanol–water partition coefficient (Wildman–Crippen LogP) is 4.22. The van der Waals surface area contributed by atoms with E-state index in [0.29, 0.717) is 0 Å². The van der Waals surface area contributed by atoms with Crippen LogP contribution in [0.25, 0.3) is 0 Å². The summed E-state index contributed by atoms with van der Waals surface area (Å²) in [6.07, 6.45) is 4.84. The van der Waals surface area contributed by atoms with Gasteiger partial charge in [0.05, 0.1) is 7.11 Å². The molecule has 0 saturated heterocycles. The number of para-hydroxylation sites is 1. The van der Waals surface area contributed by atoms with Gasteiger partial charge in [0.1, 0.15) is 23.7 Å². The van der Waals surface area contributed by atoms with Gasteiger partial charge in [-0.3, -0.25) is 0 Å². The Kier molecular flexibility index (Phi) is 5.19. The van der Waals surface area contributed by atoms with Gasteiger partial charge in [-0.05, 0) is 48.6 Å². The molecule has 3 aromatic rings. The number of methoxy groups -OCH3 is 1. The molecule has 0 amide bonds. The quantitative estimate of drug-likeness (QED) is 0.713. The Morgan fingerprint density at radius 2 is 1.93 bits per heavy atom. The molecule has 27 heavy (non-hydrogen) atoms. The lowest BCUT2D eigenvalue weighted by Gasteiger charge is -2.30. The maximum absolute atomic E-state index is 5.20. The van der Waals surface area contributed by atoms with Crippen LogP contribution in [-0.2, 0) is 12.8 Å². The molecule has 2 aromatic carbocycles. The van der Waals surface area contributed by atoms with E-state index in [-0.39, 0.29) is 0 Å². The van der Waals surface area contributed by atoms with Gasteiger partial charge in [0, 0.05) is 24.8 Å². The molecular formula is C22H24N4O. The number of nitrogens with zero attached hydrogens (tertiary/aromatic N) is 3. The summed E-state index contributed by atoms with van der Waals surface area (Å²) >= 11 is 0. The molecule has 0 bridgehead atoms. The summed E-state index contributed by atoms with van der Waals surface area (Å²) in [5.74, 6) is 2.69. The standard InChI is InChI=1S/C22H24N4O/c1-27-19-10-8-17(9-11-19)12-13-23-21-15-22(25-16-24-21)26-14-4-6-18-5-2-3-7-20(18)26/h2-3,5,7-11,15-16H,4,6,12-14H2,1H3,(H,23,24,25). The monoisotopic (exact) mass is 360 g/mol. The molecule has 0 spiro atoms. The maximum atomic E-state index is 5.20. The zero-order valence-corrected chi connectivity index (χ0v) is 15.6. The van der Waals surface area contributed by atoms with Crippen molar-refractivity contribution in [1.82, 2.24) is 9.97 Å². The lowest BCUT2D eigenvalue weighted by Crippen LogP contribution is -2.25. The molecule has 0 atom stereocenters. The molecule has 1 aliphatic heterocycles. The summed E-state index contributed by atoms with van der Waals surface area (Å²) in [5.41, 5.74) is 3.91. The van der Waals surface area contributed by atoms with Crippen molar-refractivity contribution in [2.75, 3.05) is 30.4 Å². The molecule has 5 heteroatoms. The van der Waals surface area contributed by atoms with E-state index in [1.54, 1.807) is 13.4 Å². The zero-order chi connectivity index (χ0) is 18.5. The molecule has 4 rings (SSSR count). The molecule has 138 valence electrons. The molecular weight excluding hydrogens is 336 g/mol. The smallest absolute Gasteiger partial charge is 0.138 e. The normalized spacial score (nSPS) is 13.1. The molecule has 1 aromatic heterocycles. The first kappa shape index (κ1) is 17.3. The zero-order valence-electron chi connectivity index (χ0n) is 15.6. The Morgan fingerprint density at radius 1 is 1.07 bits per heavy atom. The lowest BCUT2D eigenvalue weighted by molar-refractivity contribution is 0.414. The van der Waals surface area contributed by atoms with E-state index in [4.69, 9.17) is 4.74 Å². The van der Waals surface area contributed by atoms with Gasteiger partial charge in [-0.2, -0.15) is 0 Å². The van der Waals surface area contributed by atoms with Crippen LogP contribution in [0.2, 0.25) is 0 Å². The molecule has 1 aliphatic rings. The highest BCUT2D eigenvalue weighted by Crippen LogP contribution is 2.32. The summed E-state index contributed by atoms with van der Waals surface area (Å²) in [5, 5.41) is 3.42. The van der Waals surface area contributed by atoms with Crippen molar-refractivity contribution in [3.63, 3.8) is 0 Å². The summed E-state index contributed by atoms with van der Waals surface area (Å²) in [6, 6.07) is 18.8. The Bertz CT molecular complexity index is 895. The molecule has 5 nitrogen and oxygen atoms in total. The van der Waals surface area contributed by atoms with Crippen molar-refractivity contribution < 1.29 is 4.74 Å². The highest BCUT2D eigenvalue weighted by Gasteiger charge is 2.18. The third-order valence-electron chi connectivity index (χ3n) is 4.92. The van der Waals surface area contributed by atoms with Crippen LogP contribution >= 0.6 is 0 Å². The van der Waals surface area contributed by atoms with E-state index in [1.165, 1.54) is 16.8 Å². The average molecular weight is 360 g/mol. The second-order valence-corrected chi connectivity index (χ2v) is 6.67. The minimum absolute atomic E-state index is 0.819. The Balaban J connectivity index is 1.42. The van der Waals surface area contributed by atoms with Crippen molar-refractivity contribution >= 4 is 17.3 Å². The molecule has 2 heterocycles. The van der Waals surface area contributed by atoms with Gasteiger partial charge in [-0.1, -0.05) is 30.3 Å². The van der Waals surface area contributed by atoms with Crippen molar-refractivity contribution in [2.24, 2.45) is 0 Å². The number of aromatic nitrogens is 2. The van der Waals surface area contributed by atoms with Crippen LogP contribution in [0.4, 0.5) is 17.3 Å². The van der Waals surface area contributed by atoms with Crippen LogP contribution in [0, 0.1) is 0 Å². The molecule has 1 N–H and O–H groups in total. The summed E-state index contributed by atoms with van der Waals surface area (Å²) in [6.45, 7) is 1.80. The van der Waals surface area contributed by atoms with E-state index in [1.807, 2.05) is 18.2 Å². The summed E-state index contributed by atoms with van der Waals surface area (Å²) in [4.78, 5) is 11.2. The first-order chi connectivity index (χ1) is 13.3. The Hall–Kier alpha value is -3.08. The number of hydrogen-bond acceptors (Lipinski definition) is 5. The fourth-order valence-corrected chi connectivity index (χ4v) is 3.49. The fraction of sp³-hybridized carbons (Fsp3) is 0.273. The van der Waals surface area contributed by atoms with Gasteiger partial charge in [-0.15, -0.1) is 0 Å². The number of hydrogen-bond donors (Lipinski definition) is 1. The molecule has 0 aliphatic carbocycles. The van der Waals surface area contributed by atoms with Crippen LogP contribution in [0.3, 0.4) is 0 Å². The van der Waals surface area contributed by atoms with Crippen LogP contribution in [0.15, 0.2) is 60.9 Å². The largest absolute Gasteiger partial charge is 0.497 e. The highest BCUT2D eigenvalue weighted by atomic mass is 16.5. The van der Waals surface area contributed by atoms with Gasteiger partial charge in [0.2, 0.25) is 0 Å². The van der Waals surface area contributed by atoms with E-state index < -0.39 is 0 Å². The van der Waals surface area contributed by atoms with E-state index in [0.717, 1.165) is 49.7 Å². The minimum Gasteiger partial charge on any atom is -0.497 e. The third kappa shape index (κ3) is 4.03. The van der Waals surface area contributed by atoms with Crippen molar-refractivity contribution in [3.8, 4) is 5.75 Å². The SMILES string of the molecule is COc1ccc(CCNc2cc(N3CCCc4ccccc43)ncn2)cc1. The number of nitrogens with one attached hydrogen (secondary N) is 1. The van der Waals surface area contributed by atoms with Gasteiger partial charge < -0.3 is 15.0 Å². The minimum atomic E-state index is 0.819. The van der Waals surface area contributed by atoms with Crippen molar-refractivity contribution in [3.05, 3.63) is 72.1 Å². The lowest BCUT2D eigenvalue weighted by atomic mass is 10.0. The summed E-state index contributed by atoms with van der Waals surface area (Å²) < 4.78 is 5.20. The topological polar surface area (TPSA) is 50.3 Å². The number of fused-ring (bicyclic) bond motifs is 1. The first-order valence-electron chi connectivity index (χ1n) is 9.38. The third-order valence-corrected chi connectivity index (χ3v) is 4.92. The molecule has 0 fully saturated rings. The molecule has 0 unspecified atom stereocenters. The van der Waals surface area contributed by atoms with Gasteiger partial charge in [0.25, 0.3) is 0 Å². The van der Waals surface area contributed by atoms with Crippen LogP contribution in [0.1, 0.15) is 17.5 Å². The number of anilines is 3. The van der Waals surface area contributed by atoms with E-state index in [9.17, 15) is 0 Å². The van der Waals surface area contributed by atoms with Crippen molar-refractivity contribution in [2.45, 2.75) is 19.3 Å². The van der Waals surface area contributed by atoms with Crippen LogP contribution in [0.5, 0.6) is 5.75 Å². The maximum Gasteiger partial charge on any atom is 0.138 e. The van der Waals surface area contributed by atoms with Crippen LogP contribution < -0.4 is 15.0 Å². The highest BCUT2D eigenvalue weighted by molar-refractivity contribution is 5.66. The second kappa shape index (κ2) is 8.08. The van der Waals surface area contributed by atoms with Gasteiger partial charge >= 0.3 is 0 Å². The van der Waals surface area contributed by atoms with Crippen LogP contribution in [-0.4, -0.2) is 30.2 Å². The predicted molar refractivity (Wildman–Crippen MR) is 109 cm³/mol. The second-order valence-electron chi connectivity index (χ2n) is 6.67. The molecule has 0 saturated carbocycles. The molecule has 0 radical (unpaired) electrons. The van der Waals surface area contributed by atoms with Gasteiger partial charge in [0.15, 0.2) is 0 Å². The van der Waals surface area contributed by atoms with E-state index >= 15 is 0 Å².